The summed E-state index contributed by atoms with van der Waals surface area (Å²) in [7, 11) is 0. The van der Waals surface area contributed by atoms with Crippen LogP contribution in [0.1, 0.15) is 19.4 Å². The molecule has 0 bridgehead atoms. The van der Waals surface area contributed by atoms with Crippen molar-refractivity contribution in [2.45, 2.75) is 20.0 Å². The minimum Gasteiger partial charge on any atom is -0.449 e. The summed E-state index contributed by atoms with van der Waals surface area (Å²) in [4.78, 5) is 10.8. The van der Waals surface area contributed by atoms with Crippen LogP contribution in [0.2, 0.25) is 5.02 Å². The first-order valence-electron chi connectivity index (χ1n) is 5.81. The summed E-state index contributed by atoms with van der Waals surface area (Å²) in [6.07, 6.45) is 1.67. The number of carbonyl (C=O) groups is 1. The molecule has 0 aromatic heterocycles. The maximum atomic E-state index is 10.8. The van der Waals surface area contributed by atoms with Crippen molar-refractivity contribution >= 4 is 45.3 Å². The number of ether oxygens (including phenoxy) is 1. The van der Waals surface area contributed by atoms with Gasteiger partial charge in [-0.05, 0) is 17.7 Å². The highest BCUT2D eigenvalue weighted by Crippen LogP contribution is 2.56. The largest absolute Gasteiger partial charge is 0.449 e. The predicted molar refractivity (Wildman–Crippen MR) is 78.7 cm³/mol. The van der Waals surface area contributed by atoms with E-state index in [2.05, 4.69) is 0 Å². The van der Waals surface area contributed by atoms with Gasteiger partial charge in [-0.2, -0.15) is 0 Å². The molecule has 19 heavy (non-hydrogen) atoms. The third kappa shape index (κ3) is 3.25. The second kappa shape index (κ2) is 5.35. The van der Waals surface area contributed by atoms with Crippen molar-refractivity contribution in [1.82, 2.24) is 0 Å². The summed E-state index contributed by atoms with van der Waals surface area (Å²) >= 11 is 17.3. The van der Waals surface area contributed by atoms with E-state index in [9.17, 15) is 4.79 Å². The average molecular weight is 320 g/mol. The van der Waals surface area contributed by atoms with Gasteiger partial charge < -0.3 is 4.74 Å². The minimum absolute atomic E-state index is 0.0679. The van der Waals surface area contributed by atoms with Crippen molar-refractivity contribution in [1.29, 1.82) is 0 Å². The summed E-state index contributed by atoms with van der Waals surface area (Å²) < 4.78 is 5.05. The Morgan fingerprint density at radius 1 is 1.26 bits per heavy atom. The van der Waals surface area contributed by atoms with Gasteiger partial charge in [0, 0.05) is 33.0 Å². The number of benzene rings is 1. The summed E-state index contributed by atoms with van der Waals surface area (Å²) in [5.41, 5.74) is -0.0433. The molecule has 1 aliphatic rings. The van der Waals surface area contributed by atoms with Crippen molar-refractivity contribution in [3.05, 3.63) is 40.9 Å². The maximum absolute atomic E-state index is 10.8. The first-order chi connectivity index (χ1) is 8.82. The fourth-order valence-electron chi connectivity index (χ4n) is 2.12. The fourth-order valence-corrected chi connectivity index (χ4v) is 2.60. The van der Waals surface area contributed by atoms with Gasteiger partial charge >= 0.3 is 5.43 Å². The molecule has 1 saturated carbocycles. The molecule has 0 amide bonds. The monoisotopic (exact) mass is 318 g/mol. The molecule has 0 aliphatic heterocycles. The first kappa shape index (κ1) is 14.7. The van der Waals surface area contributed by atoms with Crippen molar-refractivity contribution in [2.24, 2.45) is 11.3 Å². The second-order valence-corrected chi connectivity index (χ2v) is 6.30. The zero-order valence-corrected chi connectivity index (χ0v) is 12.8. The molecule has 0 N–H and O–H groups in total. The van der Waals surface area contributed by atoms with Gasteiger partial charge in [-0.1, -0.05) is 55.3 Å². The van der Waals surface area contributed by atoms with Crippen LogP contribution in [0, 0.1) is 11.3 Å². The number of hydrogen-bond acceptors (Lipinski definition) is 2. The maximum Gasteiger partial charge on any atom is 0.404 e. The zero-order chi connectivity index (χ0) is 14.2. The van der Waals surface area contributed by atoms with Crippen molar-refractivity contribution in [2.75, 3.05) is 0 Å². The van der Waals surface area contributed by atoms with E-state index in [0.29, 0.717) is 10.1 Å². The van der Waals surface area contributed by atoms with E-state index < -0.39 is 5.43 Å². The van der Waals surface area contributed by atoms with Gasteiger partial charge in [0.25, 0.3) is 0 Å². The number of rotatable bonds is 3. The molecular formula is C14H13Cl3O2. The van der Waals surface area contributed by atoms with E-state index in [1.807, 2.05) is 32.1 Å². The molecule has 2 atom stereocenters. The molecular weight excluding hydrogens is 307 g/mol. The highest BCUT2D eigenvalue weighted by atomic mass is 35.5. The molecule has 2 rings (SSSR count). The molecule has 1 aromatic rings. The van der Waals surface area contributed by atoms with Crippen LogP contribution in [0.5, 0.6) is 0 Å². The van der Waals surface area contributed by atoms with Crippen LogP contribution in [0.25, 0.3) is 5.03 Å². The first-order valence-corrected chi connectivity index (χ1v) is 6.95. The van der Waals surface area contributed by atoms with E-state index in [4.69, 9.17) is 39.5 Å². The molecule has 0 spiro atoms. The van der Waals surface area contributed by atoms with E-state index in [1.165, 1.54) is 0 Å². The van der Waals surface area contributed by atoms with Crippen LogP contribution in [0.3, 0.4) is 0 Å². The smallest absolute Gasteiger partial charge is 0.404 e. The van der Waals surface area contributed by atoms with E-state index in [-0.39, 0.29) is 17.4 Å². The van der Waals surface area contributed by atoms with Crippen molar-refractivity contribution < 1.29 is 9.53 Å². The minimum atomic E-state index is -0.781. The highest BCUT2D eigenvalue weighted by molar-refractivity contribution is 6.61. The summed E-state index contributed by atoms with van der Waals surface area (Å²) in [6, 6.07) is 7.25. The van der Waals surface area contributed by atoms with Gasteiger partial charge in [-0.3, -0.25) is 0 Å². The van der Waals surface area contributed by atoms with Gasteiger partial charge in [0.15, 0.2) is 0 Å². The number of carbonyl (C=O) groups excluding carboxylic acids is 1. The van der Waals surface area contributed by atoms with E-state index >= 15 is 0 Å². The van der Waals surface area contributed by atoms with Gasteiger partial charge in [0.1, 0.15) is 6.10 Å². The summed E-state index contributed by atoms with van der Waals surface area (Å²) in [6.45, 7) is 4.01. The zero-order valence-electron chi connectivity index (χ0n) is 10.5. The molecule has 102 valence electrons. The third-order valence-electron chi connectivity index (χ3n) is 3.47. The molecule has 1 aliphatic carbocycles. The van der Waals surface area contributed by atoms with Gasteiger partial charge in [-0.25, -0.2) is 4.79 Å². The molecule has 0 unspecified atom stereocenters. The van der Waals surface area contributed by atoms with Crippen LogP contribution in [0.15, 0.2) is 30.3 Å². The predicted octanol–water partition coefficient (Wildman–Crippen LogP) is 5.32. The van der Waals surface area contributed by atoms with Crippen LogP contribution in [0.4, 0.5) is 4.79 Å². The lowest BCUT2D eigenvalue weighted by Crippen LogP contribution is -2.03. The quantitative estimate of drug-likeness (QED) is 0.705. The van der Waals surface area contributed by atoms with Crippen molar-refractivity contribution in [3.63, 3.8) is 0 Å². The molecule has 2 nitrogen and oxygen atoms in total. The molecule has 0 heterocycles. The highest BCUT2D eigenvalue weighted by Gasteiger charge is 2.59. The molecule has 0 radical (unpaired) electrons. The molecule has 0 saturated heterocycles. The Morgan fingerprint density at radius 3 is 2.37 bits per heavy atom. The normalized spacial score (nSPS) is 25.0. The van der Waals surface area contributed by atoms with Crippen LogP contribution < -0.4 is 0 Å². The van der Waals surface area contributed by atoms with E-state index in [0.717, 1.165) is 5.56 Å². The van der Waals surface area contributed by atoms with Crippen LogP contribution in [-0.2, 0) is 4.74 Å². The van der Waals surface area contributed by atoms with Crippen LogP contribution in [-0.4, -0.2) is 11.5 Å². The number of hydrogen-bond donors (Lipinski definition) is 0. The lowest BCUT2D eigenvalue weighted by molar-refractivity contribution is 0.150. The second-order valence-electron chi connectivity index (χ2n) is 5.14. The Morgan fingerprint density at radius 2 is 1.84 bits per heavy atom. The molecule has 1 aromatic carbocycles. The van der Waals surface area contributed by atoms with Gasteiger partial charge in [0.05, 0.1) is 0 Å². The van der Waals surface area contributed by atoms with Crippen molar-refractivity contribution in [3.8, 4) is 0 Å². The lowest BCUT2D eigenvalue weighted by atomic mass is 10.1. The Bertz CT molecular complexity index is 520. The molecule has 5 heteroatoms. The Hall–Kier alpha value is -0.700. The Balaban J connectivity index is 2.13. The molecule has 1 fully saturated rings. The van der Waals surface area contributed by atoms with Crippen LogP contribution >= 0.6 is 34.8 Å². The topological polar surface area (TPSA) is 26.3 Å². The summed E-state index contributed by atoms with van der Waals surface area (Å²) in [5, 5.41) is 1.27. The van der Waals surface area contributed by atoms with E-state index in [1.54, 1.807) is 12.1 Å². The Labute approximate surface area is 127 Å². The lowest BCUT2D eigenvalue weighted by Gasteiger charge is -2.00. The third-order valence-corrected chi connectivity index (χ3v) is 4.16. The Kier molecular flexibility index (Phi) is 4.14. The van der Waals surface area contributed by atoms with Gasteiger partial charge in [-0.15, -0.1) is 0 Å². The number of halogens is 3. The summed E-state index contributed by atoms with van der Waals surface area (Å²) in [5.74, 6) is 0.0679. The average Bonchev–Trinajstić information content (AvgIpc) is 2.80. The SMILES string of the molecule is CC1(C)[C@H](C=C(Cl)c2ccc(Cl)cc2)[C@H]1OC(=O)Cl. The fraction of sp³-hybridized carbons (Fsp3) is 0.357. The standard InChI is InChI=1S/C14H13Cl3O2/c1-14(2)10(12(14)19-13(17)18)7-11(16)8-3-5-9(15)6-4-8/h3-7,10,12H,1-2H3/t10-,12-/m1/s1. The van der Waals surface area contributed by atoms with Gasteiger partial charge in [0.2, 0.25) is 0 Å².